The average Bonchev–Trinajstić information content (AvgIpc) is 3.82. The molecule has 0 spiro atoms. The number of nitrogens with zero attached hydrogens (tertiary/aromatic N) is 2. The molecule has 3 aromatic carbocycles. The van der Waals surface area contributed by atoms with Gasteiger partial charge in [0.2, 0.25) is 5.91 Å². The largest absolute Gasteiger partial charge is 0.481 e. The Balaban J connectivity index is 1.40. The maximum Gasteiger partial charge on any atom is 0.305 e. The summed E-state index contributed by atoms with van der Waals surface area (Å²) in [5, 5.41) is 15.1. The number of anilines is 2. The number of aryl methyl sites for hydroxylation is 1. The SMILES string of the molecule is Cc1cccc(C(=O)Nc2cc(C(=O)NC(CC(=O)O)c3ccc(F)cc3)ccc2N2CCN(C(=O)C3CC3)CC2)c1. The lowest BCUT2D eigenvalue weighted by atomic mass is 10.0. The van der Waals surface area contributed by atoms with Gasteiger partial charge in [0.1, 0.15) is 5.82 Å². The van der Waals surface area contributed by atoms with E-state index in [1.807, 2.05) is 17.9 Å². The van der Waals surface area contributed by atoms with Crippen molar-refractivity contribution in [1.82, 2.24) is 10.2 Å². The standard InChI is InChI=1S/C32H33FN4O5/c1-20-3-2-4-23(17-20)30(40)35-27-18-24(31(41)34-26(19-29(38)39)21-7-10-25(33)11-8-21)9-12-28(27)36-13-15-37(16-14-36)32(42)22-5-6-22/h2-4,7-12,17-18,22,26H,5-6,13-16,19H2,1H3,(H,34,41)(H,35,40)(H,38,39). The van der Waals surface area contributed by atoms with Crippen molar-refractivity contribution in [2.75, 3.05) is 36.4 Å². The van der Waals surface area contributed by atoms with Gasteiger partial charge in [-0.15, -0.1) is 0 Å². The van der Waals surface area contributed by atoms with E-state index in [2.05, 4.69) is 15.5 Å². The molecule has 3 amide bonds. The first kappa shape index (κ1) is 28.8. The molecular weight excluding hydrogens is 539 g/mol. The lowest BCUT2D eigenvalue weighted by molar-refractivity contribution is -0.137. The summed E-state index contributed by atoms with van der Waals surface area (Å²) in [6, 6.07) is 16.5. The van der Waals surface area contributed by atoms with E-state index >= 15 is 0 Å². The smallest absolute Gasteiger partial charge is 0.305 e. The van der Waals surface area contributed by atoms with Crippen LogP contribution in [-0.2, 0) is 9.59 Å². The van der Waals surface area contributed by atoms with Gasteiger partial charge in [-0.2, -0.15) is 0 Å². The molecule has 42 heavy (non-hydrogen) atoms. The van der Waals surface area contributed by atoms with Gasteiger partial charge >= 0.3 is 5.97 Å². The summed E-state index contributed by atoms with van der Waals surface area (Å²) in [6.07, 6.45) is 1.51. The summed E-state index contributed by atoms with van der Waals surface area (Å²) >= 11 is 0. The molecule has 1 saturated carbocycles. The first-order valence-electron chi connectivity index (χ1n) is 14.0. The summed E-state index contributed by atoms with van der Waals surface area (Å²) in [6.45, 7) is 4.17. The fraction of sp³-hybridized carbons (Fsp3) is 0.312. The summed E-state index contributed by atoms with van der Waals surface area (Å²) in [7, 11) is 0. The molecule has 2 fully saturated rings. The Bertz CT molecular complexity index is 1500. The summed E-state index contributed by atoms with van der Waals surface area (Å²) in [5.74, 6) is -2.12. The molecule has 1 saturated heterocycles. The van der Waals surface area contributed by atoms with Gasteiger partial charge in [-0.05, 0) is 67.8 Å². The number of nitrogens with one attached hydrogen (secondary N) is 2. The molecule has 1 unspecified atom stereocenters. The molecule has 2 aliphatic rings. The quantitative estimate of drug-likeness (QED) is 0.350. The predicted molar refractivity (Wildman–Crippen MR) is 156 cm³/mol. The minimum absolute atomic E-state index is 0.151. The Morgan fingerprint density at radius 2 is 1.60 bits per heavy atom. The molecule has 1 heterocycles. The summed E-state index contributed by atoms with van der Waals surface area (Å²) in [5.41, 5.74) is 3.21. The van der Waals surface area contributed by atoms with Crippen LogP contribution in [0.15, 0.2) is 66.7 Å². The van der Waals surface area contributed by atoms with Crippen LogP contribution < -0.4 is 15.5 Å². The fourth-order valence-corrected chi connectivity index (χ4v) is 5.15. The highest BCUT2D eigenvalue weighted by Crippen LogP contribution is 2.33. The molecule has 1 aliphatic carbocycles. The highest BCUT2D eigenvalue weighted by molar-refractivity contribution is 6.07. The zero-order valence-electron chi connectivity index (χ0n) is 23.3. The number of carboxylic acids is 1. The van der Waals surface area contributed by atoms with Crippen LogP contribution in [0.25, 0.3) is 0 Å². The van der Waals surface area contributed by atoms with Crippen molar-refractivity contribution in [1.29, 1.82) is 0 Å². The van der Waals surface area contributed by atoms with Crippen LogP contribution in [0.1, 0.15) is 57.1 Å². The number of amides is 3. The van der Waals surface area contributed by atoms with E-state index in [0.717, 1.165) is 18.4 Å². The van der Waals surface area contributed by atoms with Gasteiger partial charge in [0.15, 0.2) is 0 Å². The molecule has 0 radical (unpaired) electrons. The number of rotatable bonds is 9. The first-order valence-corrected chi connectivity index (χ1v) is 14.0. The van der Waals surface area contributed by atoms with Crippen molar-refractivity contribution in [3.05, 3.63) is 94.8 Å². The lowest BCUT2D eigenvalue weighted by Gasteiger charge is -2.37. The van der Waals surface area contributed by atoms with Gasteiger partial charge < -0.3 is 25.5 Å². The number of hydrogen-bond acceptors (Lipinski definition) is 5. The van der Waals surface area contributed by atoms with Crippen LogP contribution in [0.2, 0.25) is 0 Å². The van der Waals surface area contributed by atoms with Crippen LogP contribution >= 0.6 is 0 Å². The van der Waals surface area contributed by atoms with E-state index in [9.17, 15) is 28.7 Å². The Labute approximate surface area is 243 Å². The van der Waals surface area contributed by atoms with Gasteiger partial charge in [-0.1, -0.05) is 29.8 Å². The van der Waals surface area contributed by atoms with Gasteiger partial charge in [0.25, 0.3) is 11.8 Å². The molecule has 3 N–H and O–H groups in total. The predicted octanol–water partition coefficient (Wildman–Crippen LogP) is 4.39. The van der Waals surface area contributed by atoms with Gasteiger partial charge in [0.05, 0.1) is 23.8 Å². The molecule has 10 heteroatoms. The number of carbonyl (C=O) groups is 4. The first-order chi connectivity index (χ1) is 20.2. The Kier molecular flexibility index (Phi) is 8.51. The van der Waals surface area contributed by atoms with Crippen molar-refractivity contribution in [2.45, 2.75) is 32.2 Å². The molecule has 5 rings (SSSR count). The molecular formula is C32H33FN4O5. The third-order valence-electron chi connectivity index (χ3n) is 7.60. The van der Waals surface area contributed by atoms with E-state index < -0.39 is 30.2 Å². The minimum Gasteiger partial charge on any atom is -0.481 e. The van der Waals surface area contributed by atoms with E-state index in [4.69, 9.17) is 0 Å². The van der Waals surface area contributed by atoms with E-state index in [0.29, 0.717) is 48.7 Å². The van der Waals surface area contributed by atoms with Crippen LogP contribution in [-0.4, -0.2) is 59.9 Å². The van der Waals surface area contributed by atoms with E-state index in [1.54, 1.807) is 36.4 Å². The second kappa shape index (κ2) is 12.4. The maximum absolute atomic E-state index is 13.5. The number of halogens is 1. The topological polar surface area (TPSA) is 119 Å². The zero-order chi connectivity index (χ0) is 29.8. The van der Waals surface area contributed by atoms with Gasteiger partial charge in [-0.25, -0.2) is 4.39 Å². The van der Waals surface area contributed by atoms with Crippen LogP contribution in [0.3, 0.4) is 0 Å². The van der Waals surface area contributed by atoms with Gasteiger partial charge in [-0.3, -0.25) is 19.2 Å². The minimum atomic E-state index is -1.12. The van der Waals surface area contributed by atoms with Crippen molar-refractivity contribution in [3.8, 4) is 0 Å². The number of aliphatic carboxylic acids is 1. The molecule has 1 atom stereocenters. The summed E-state index contributed by atoms with van der Waals surface area (Å²) < 4.78 is 13.5. The van der Waals surface area contributed by atoms with Crippen LogP contribution in [0, 0.1) is 18.7 Å². The Morgan fingerprint density at radius 1 is 0.905 bits per heavy atom. The number of hydrogen-bond donors (Lipinski definition) is 3. The van der Waals surface area contributed by atoms with Crippen LogP contribution in [0.5, 0.6) is 0 Å². The average molecular weight is 573 g/mol. The second-order valence-corrected chi connectivity index (χ2v) is 10.8. The van der Waals surface area contributed by atoms with Crippen LogP contribution in [0.4, 0.5) is 15.8 Å². The van der Waals surface area contributed by atoms with Gasteiger partial charge in [0, 0.05) is 43.2 Å². The van der Waals surface area contributed by atoms with Crippen molar-refractivity contribution >= 4 is 35.1 Å². The molecule has 0 bridgehead atoms. The highest BCUT2D eigenvalue weighted by atomic mass is 19.1. The van der Waals surface area contributed by atoms with E-state index in [-0.39, 0.29) is 23.3 Å². The number of piperazine rings is 1. The molecule has 1 aliphatic heterocycles. The monoisotopic (exact) mass is 572 g/mol. The number of carbonyl (C=O) groups excluding carboxylic acids is 3. The van der Waals surface area contributed by atoms with E-state index in [1.165, 1.54) is 24.3 Å². The molecule has 0 aromatic heterocycles. The summed E-state index contributed by atoms with van der Waals surface area (Å²) in [4.78, 5) is 54.6. The zero-order valence-corrected chi connectivity index (χ0v) is 23.3. The third kappa shape index (κ3) is 6.94. The third-order valence-corrected chi connectivity index (χ3v) is 7.60. The molecule has 218 valence electrons. The van der Waals surface area contributed by atoms with Crippen molar-refractivity contribution < 1.29 is 28.7 Å². The normalized spacial score (nSPS) is 15.6. The second-order valence-electron chi connectivity index (χ2n) is 10.8. The molecule has 3 aromatic rings. The highest BCUT2D eigenvalue weighted by Gasteiger charge is 2.35. The number of carboxylic acid groups (broad SMARTS) is 1. The lowest BCUT2D eigenvalue weighted by Crippen LogP contribution is -2.49. The fourth-order valence-electron chi connectivity index (χ4n) is 5.15. The van der Waals surface area contributed by atoms with Crippen molar-refractivity contribution in [2.24, 2.45) is 5.92 Å². The number of benzene rings is 3. The Morgan fingerprint density at radius 3 is 2.24 bits per heavy atom. The van der Waals surface area contributed by atoms with Crippen molar-refractivity contribution in [3.63, 3.8) is 0 Å². The Hall–Kier alpha value is -4.73. The maximum atomic E-state index is 13.5. The molecule has 9 nitrogen and oxygen atoms in total.